The maximum atomic E-state index is 11.4. The first kappa shape index (κ1) is 15.6. The van der Waals surface area contributed by atoms with E-state index in [1.54, 1.807) is 36.9 Å². The number of aryl methyl sites for hydroxylation is 1. The van der Waals surface area contributed by atoms with E-state index in [2.05, 4.69) is 5.10 Å². The normalized spacial score (nSPS) is 12.0. The van der Waals surface area contributed by atoms with Crippen molar-refractivity contribution in [2.45, 2.75) is 32.4 Å². The summed E-state index contributed by atoms with van der Waals surface area (Å²) in [6, 6.07) is 5.19. The number of hydrogen-bond acceptors (Lipinski definition) is 5. The average Bonchev–Trinajstić information content (AvgIpc) is 3.11. The van der Waals surface area contributed by atoms with Crippen molar-refractivity contribution in [3.8, 4) is 11.1 Å². The van der Waals surface area contributed by atoms with Gasteiger partial charge < -0.3 is 5.11 Å². The fourth-order valence-electron chi connectivity index (χ4n) is 2.41. The Kier molecular flexibility index (Phi) is 3.91. The molecule has 0 aliphatic rings. The Morgan fingerprint density at radius 3 is 2.83 bits per heavy atom. The molecule has 0 amide bonds. The Morgan fingerprint density at radius 1 is 1.43 bits per heavy atom. The van der Waals surface area contributed by atoms with Gasteiger partial charge >= 0.3 is 0 Å². The number of rotatable bonds is 5. The summed E-state index contributed by atoms with van der Waals surface area (Å²) in [6.45, 7) is 4.05. The second-order valence-electron chi connectivity index (χ2n) is 6.15. The predicted molar refractivity (Wildman–Crippen MR) is 90.6 cm³/mol. The minimum absolute atomic E-state index is 0.0814. The topological polar surface area (TPSA) is 81.2 Å². The van der Waals surface area contributed by atoms with Gasteiger partial charge in [0.25, 0.3) is 5.69 Å². The van der Waals surface area contributed by atoms with Crippen molar-refractivity contribution in [3.05, 3.63) is 45.3 Å². The van der Waals surface area contributed by atoms with Crippen molar-refractivity contribution >= 4 is 27.9 Å². The molecule has 7 heteroatoms. The third-order valence-corrected chi connectivity index (χ3v) is 4.33. The zero-order valence-corrected chi connectivity index (χ0v) is 13.7. The molecule has 2 aromatic heterocycles. The molecular weight excluding hydrogens is 314 g/mol. The highest BCUT2D eigenvalue weighted by atomic mass is 32.1. The molecule has 0 fully saturated rings. The summed E-state index contributed by atoms with van der Waals surface area (Å²) >= 11 is 1.50. The first-order valence-corrected chi connectivity index (χ1v) is 8.18. The van der Waals surface area contributed by atoms with Gasteiger partial charge in [0.15, 0.2) is 0 Å². The summed E-state index contributed by atoms with van der Waals surface area (Å²) in [7, 11) is 0. The van der Waals surface area contributed by atoms with Crippen molar-refractivity contribution in [3.63, 3.8) is 0 Å². The predicted octanol–water partition coefficient (Wildman–Crippen LogP) is 3.83. The van der Waals surface area contributed by atoms with E-state index in [-0.39, 0.29) is 10.6 Å². The molecule has 1 aromatic carbocycles. The molecular formula is C16H17N3O3S. The quantitative estimate of drug-likeness (QED) is 0.569. The summed E-state index contributed by atoms with van der Waals surface area (Å²) < 4.78 is 1.73. The second kappa shape index (κ2) is 5.75. The smallest absolute Gasteiger partial charge is 0.278 e. The molecule has 0 saturated heterocycles. The van der Waals surface area contributed by atoms with Crippen LogP contribution in [0, 0.1) is 10.1 Å². The van der Waals surface area contributed by atoms with Gasteiger partial charge in [-0.25, -0.2) is 0 Å². The summed E-state index contributed by atoms with van der Waals surface area (Å²) in [4.78, 5) is 11.0. The van der Waals surface area contributed by atoms with E-state index in [9.17, 15) is 15.2 Å². The average molecular weight is 331 g/mol. The van der Waals surface area contributed by atoms with Crippen LogP contribution in [0.25, 0.3) is 22.0 Å². The summed E-state index contributed by atoms with van der Waals surface area (Å²) in [5.74, 6) is 0. The van der Waals surface area contributed by atoms with E-state index in [4.69, 9.17) is 0 Å². The molecule has 120 valence electrons. The van der Waals surface area contributed by atoms with E-state index in [1.807, 2.05) is 16.8 Å². The minimum Gasteiger partial charge on any atom is -0.390 e. The van der Waals surface area contributed by atoms with Crippen molar-refractivity contribution < 1.29 is 10.0 Å². The Hall–Kier alpha value is -2.25. The molecule has 1 N–H and O–H groups in total. The molecule has 6 nitrogen and oxygen atoms in total. The highest BCUT2D eigenvalue weighted by Crippen LogP contribution is 2.34. The molecule has 0 bridgehead atoms. The summed E-state index contributed by atoms with van der Waals surface area (Å²) in [6.07, 6.45) is 2.34. The molecule has 0 radical (unpaired) electrons. The standard InChI is InChI=1S/C16H17N3O3S/c1-16(2,20)4-5-18-9-12-7-15(19(21)22)13(8-14(12)17-18)11-3-6-23-10-11/h3,6-10,20H,4-5H2,1-2H3. The lowest BCUT2D eigenvalue weighted by Gasteiger charge is -2.16. The lowest BCUT2D eigenvalue weighted by atomic mass is 10.1. The Balaban J connectivity index is 2.04. The molecule has 0 saturated carbocycles. The van der Waals surface area contributed by atoms with Crippen LogP contribution in [0.1, 0.15) is 20.3 Å². The third-order valence-electron chi connectivity index (χ3n) is 3.65. The fourth-order valence-corrected chi connectivity index (χ4v) is 3.07. The highest BCUT2D eigenvalue weighted by molar-refractivity contribution is 7.08. The molecule has 0 spiro atoms. The van der Waals surface area contributed by atoms with E-state index >= 15 is 0 Å². The van der Waals surface area contributed by atoms with Gasteiger partial charge in [-0.3, -0.25) is 14.8 Å². The van der Waals surface area contributed by atoms with Crippen LogP contribution < -0.4 is 0 Å². The molecule has 3 rings (SSSR count). The van der Waals surface area contributed by atoms with Crippen molar-refractivity contribution in [1.82, 2.24) is 9.78 Å². The van der Waals surface area contributed by atoms with E-state index in [1.165, 1.54) is 11.3 Å². The van der Waals surface area contributed by atoms with Crippen LogP contribution in [0.3, 0.4) is 0 Å². The third kappa shape index (κ3) is 3.40. The fraction of sp³-hybridized carbons (Fsp3) is 0.312. The van der Waals surface area contributed by atoms with Crippen LogP contribution in [0.15, 0.2) is 35.2 Å². The lowest BCUT2D eigenvalue weighted by molar-refractivity contribution is -0.384. The van der Waals surface area contributed by atoms with Gasteiger partial charge in [-0.2, -0.15) is 16.4 Å². The van der Waals surface area contributed by atoms with Crippen LogP contribution in [0.5, 0.6) is 0 Å². The zero-order valence-electron chi connectivity index (χ0n) is 12.9. The molecule has 0 unspecified atom stereocenters. The number of aliphatic hydroxyl groups is 1. The Bertz CT molecular complexity index is 847. The van der Waals surface area contributed by atoms with E-state index < -0.39 is 5.60 Å². The summed E-state index contributed by atoms with van der Waals surface area (Å²) in [5, 5.41) is 30.2. The van der Waals surface area contributed by atoms with Gasteiger partial charge in [-0.05, 0) is 48.7 Å². The number of aromatic nitrogens is 2. The van der Waals surface area contributed by atoms with Crippen LogP contribution in [0.4, 0.5) is 5.69 Å². The zero-order chi connectivity index (χ0) is 16.6. The molecule has 0 atom stereocenters. The van der Waals surface area contributed by atoms with Gasteiger partial charge in [0, 0.05) is 24.2 Å². The highest BCUT2D eigenvalue weighted by Gasteiger charge is 2.19. The van der Waals surface area contributed by atoms with Gasteiger partial charge in [0.1, 0.15) is 0 Å². The van der Waals surface area contributed by atoms with Gasteiger partial charge in [0.2, 0.25) is 0 Å². The number of nitro groups is 1. The number of nitro benzene ring substituents is 1. The number of thiophene rings is 1. The largest absolute Gasteiger partial charge is 0.390 e. The van der Waals surface area contributed by atoms with Crippen molar-refractivity contribution in [1.29, 1.82) is 0 Å². The number of benzene rings is 1. The summed E-state index contributed by atoms with van der Waals surface area (Å²) in [5.41, 5.74) is 1.43. The van der Waals surface area contributed by atoms with E-state index in [0.29, 0.717) is 24.0 Å². The molecule has 0 aliphatic heterocycles. The lowest BCUT2D eigenvalue weighted by Crippen LogP contribution is -2.21. The van der Waals surface area contributed by atoms with Crippen LogP contribution >= 0.6 is 11.3 Å². The molecule has 23 heavy (non-hydrogen) atoms. The SMILES string of the molecule is CC(C)(O)CCn1cc2cc([N+](=O)[O-])c(-c3ccsc3)cc2n1. The van der Waals surface area contributed by atoms with Crippen LogP contribution in [0.2, 0.25) is 0 Å². The molecule has 2 heterocycles. The molecule has 0 aliphatic carbocycles. The van der Waals surface area contributed by atoms with Crippen molar-refractivity contribution in [2.24, 2.45) is 0 Å². The maximum absolute atomic E-state index is 11.4. The Labute approximate surface area is 137 Å². The second-order valence-corrected chi connectivity index (χ2v) is 6.93. The van der Waals surface area contributed by atoms with E-state index in [0.717, 1.165) is 10.9 Å². The van der Waals surface area contributed by atoms with Gasteiger partial charge in [-0.15, -0.1) is 0 Å². The van der Waals surface area contributed by atoms with Crippen LogP contribution in [-0.4, -0.2) is 25.4 Å². The minimum atomic E-state index is -0.772. The van der Waals surface area contributed by atoms with Gasteiger partial charge in [0.05, 0.1) is 21.6 Å². The van der Waals surface area contributed by atoms with Crippen LogP contribution in [-0.2, 0) is 6.54 Å². The Morgan fingerprint density at radius 2 is 2.22 bits per heavy atom. The maximum Gasteiger partial charge on any atom is 0.278 e. The van der Waals surface area contributed by atoms with Gasteiger partial charge in [-0.1, -0.05) is 0 Å². The monoisotopic (exact) mass is 331 g/mol. The first-order valence-electron chi connectivity index (χ1n) is 7.24. The first-order chi connectivity index (χ1) is 10.8. The number of nitrogens with zero attached hydrogens (tertiary/aromatic N) is 3. The number of fused-ring (bicyclic) bond motifs is 1. The van der Waals surface area contributed by atoms with Crippen molar-refractivity contribution in [2.75, 3.05) is 0 Å². The number of hydrogen-bond donors (Lipinski definition) is 1. The molecule has 3 aromatic rings.